The topological polar surface area (TPSA) is 212 Å². The van der Waals surface area contributed by atoms with Crippen LogP contribution in [0.25, 0.3) is 11.2 Å². The molecule has 0 amide bonds. The maximum atomic E-state index is 11.2. The van der Waals surface area contributed by atoms with Crippen molar-refractivity contribution < 1.29 is 42.5 Å². The van der Waals surface area contributed by atoms with Gasteiger partial charge in [0.25, 0.3) is 0 Å². The lowest BCUT2D eigenvalue weighted by Gasteiger charge is -2.19. The van der Waals surface area contributed by atoms with Crippen molar-refractivity contribution in [2.24, 2.45) is 0 Å². The van der Waals surface area contributed by atoms with Crippen molar-refractivity contribution in [3.05, 3.63) is 11.6 Å². The zero-order chi connectivity index (χ0) is 20.0. The Labute approximate surface area is 155 Å². The Kier molecular flexibility index (Phi) is 5.58. The summed E-state index contributed by atoms with van der Waals surface area (Å²) in [4.78, 5) is 47.5. The molecule has 3 unspecified atom stereocenters. The maximum absolute atomic E-state index is 11.2. The van der Waals surface area contributed by atoms with Crippen LogP contribution < -0.4 is 5.73 Å². The van der Waals surface area contributed by atoms with E-state index in [2.05, 4.69) is 24.0 Å². The molecule has 0 aliphatic carbocycles. The first-order valence-corrected chi connectivity index (χ1v) is 10.6. The zero-order valence-corrected chi connectivity index (χ0v) is 15.7. The van der Waals surface area contributed by atoms with Crippen LogP contribution in [0.3, 0.4) is 0 Å². The van der Waals surface area contributed by atoms with Gasteiger partial charge in [-0.25, -0.2) is 14.1 Å². The summed E-state index contributed by atoms with van der Waals surface area (Å²) in [7, 11) is -9.74. The van der Waals surface area contributed by atoms with Gasteiger partial charge >= 0.3 is 15.6 Å². The fourth-order valence-corrected chi connectivity index (χ4v) is 3.69. The van der Waals surface area contributed by atoms with Crippen LogP contribution in [0.4, 0.5) is 5.82 Å². The van der Waals surface area contributed by atoms with E-state index in [0.29, 0.717) is 0 Å². The van der Waals surface area contributed by atoms with Gasteiger partial charge < -0.3 is 30.0 Å². The van der Waals surface area contributed by atoms with Crippen LogP contribution >= 0.6 is 27.2 Å². The van der Waals surface area contributed by atoms with E-state index in [1.165, 1.54) is 10.9 Å². The number of phosphoric ester groups is 2. The summed E-state index contributed by atoms with van der Waals surface area (Å²) >= 11 is 5.79. The van der Waals surface area contributed by atoms with Gasteiger partial charge in [-0.15, -0.1) is 0 Å². The molecule has 0 spiro atoms. The molecule has 0 saturated carbocycles. The summed E-state index contributed by atoms with van der Waals surface area (Å²) in [5.41, 5.74) is 6.14. The Hall–Kier alpha value is -1.18. The standard InChI is InChI=1S/C10H14ClN5O9P2/c11-10-14-8(12)7-9(15-10)16(3-13-7)6-1-4(25-27(20,21)22)5(24-6)2-23-26(17,18)19/h3-6H,1-2H2,(H2,12,14,15)(H2,17,18,19)(H2,20,21,22). The van der Waals surface area contributed by atoms with Crippen LogP contribution in [0.1, 0.15) is 12.6 Å². The molecule has 0 radical (unpaired) electrons. The van der Waals surface area contributed by atoms with Crippen molar-refractivity contribution in [2.75, 3.05) is 12.3 Å². The first-order valence-electron chi connectivity index (χ1n) is 7.18. The lowest BCUT2D eigenvalue weighted by atomic mass is 10.2. The normalized spacial score (nSPS) is 24.0. The van der Waals surface area contributed by atoms with Crippen molar-refractivity contribution in [3.8, 4) is 0 Å². The SMILES string of the molecule is Nc1nc(Cl)nc2c1ncn2C1CC(OP(=O)(O)O)C(COP(=O)(O)O)O1. The molecule has 3 heterocycles. The van der Waals surface area contributed by atoms with Gasteiger partial charge in [0.15, 0.2) is 11.5 Å². The van der Waals surface area contributed by atoms with E-state index in [1.54, 1.807) is 0 Å². The number of imidazole rings is 1. The number of ether oxygens (including phenoxy) is 1. The maximum Gasteiger partial charge on any atom is 0.469 e. The number of rotatable bonds is 6. The van der Waals surface area contributed by atoms with Crippen LogP contribution in [-0.4, -0.2) is 57.9 Å². The molecule has 27 heavy (non-hydrogen) atoms. The first kappa shape index (κ1) is 20.6. The highest BCUT2D eigenvalue weighted by molar-refractivity contribution is 7.46. The lowest BCUT2D eigenvalue weighted by Crippen LogP contribution is -2.28. The highest BCUT2D eigenvalue weighted by Gasteiger charge is 2.42. The molecule has 150 valence electrons. The number of phosphoric acid groups is 2. The number of halogens is 1. The third-order valence-electron chi connectivity index (χ3n) is 3.59. The molecule has 14 nitrogen and oxygen atoms in total. The summed E-state index contributed by atoms with van der Waals surface area (Å²) in [6.07, 6.45) is -2.12. The second kappa shape index (κ2) is 7.33. The Morgan fingerprint density at radius 2 is 2.00 bits per heavy atom. The molecule has 1 saturated heterocycles. The van der Waals surface area contributed by atoms with Gasteiger partial charge in [-0.05, 0) is 11.6 Å². The van der Waals surface area contributed by atoms with E-state index in [9.17, 15) is 9.13 Å². The molecule has 0 aromatic carbocycles. The highest BCUT2D eigenvalue weighted by atomic mass is 35.5. The lowest BCUT2D eigenvalue weighted by molar-refractivity contribution is -0.0417. The zero-order valence-electron chi connectivity index (χ0n) is 13.2. The molecule has 17 heteroatoms. The fraction of sp³-hybridized carbons (Fsp3) is 0.500. The van der Waals surface area contributed by atoms with Crippen LogP contribution in [-0.2, 0) is 22.9 Å². The Morgan fingerprint density at radius 3 is 2.63 bits per heavy atom. The van der Waals surface area contributed by atoms with E-state index in [4.69, 9.17) is 41.6 Å². The predicted octanol–water partition coefficient (Wildman–Crippen LogP) is -0.0634. The van der Waals surface area contributed by atoms with Gasteiger partial charge in [-0.1, -0.05) is 0 Å². The molecule has 2 aromatic rings. The van der Waals surface area contributed by atoms with E-state index in [-0.39, 0.29) is 28.7 Å². The second-order valence-corrected chi connectivity index (χ2v) is 8.26. The van der Waals surface area contributed by atoms with E-state index >= 15 is 0 Å². The summed E-state index contributed by atoms with van der Waals surface area (Å²) in [6.45, 7) is -0.671. The number of nitrogen functional groups attached to an aromatic ring is 1. The minimum atomic E-state index is -4.90. The number of nitrogens with zero attached hydrogens (tertiary/aromatic N) is 4. The molecule has 1 fully saturated rings. The van der Waals surface area contributed by atoms with Gasteiger partial charge in [-0.3, -0.25) is 13.6 Å². The summed E-state index contributed by atoms with van der Waals surface area (Å²) in [5, 5.41) is -0.149. The molecule has 3 atom stereocenters. The number of hydrogen-bond acceptors (Lipinski definition) is 9. The van der Waals surface area contributed by atoms with Crippen LogP contribution in [0.15, 0.2) is 6.33 Å². The van der Waals surface area contributed by atoms with Crippen LogP contribution in [0.5, 0.6) is 0 Å². The second-order valence-electron chi connectivity index (χ2n) is 5.49. The Balaban J connectivity index is 1.89. The van der Waals surface area contributed by atoms with Crippen molar-refractivity contribution in [1.82, 2.24) is 19.5 Å². The number of fused-ring (bicyclic) bond motifs is 1. The summed E-state index contributed by atoms with van der Waals surface area (Å²) < 4.78 is 38.1. The van der Waals surface area contributed by atoms with Gasteiger partial charge in [0.05, 0.1) is 12.9 Å². The highest BCUT2D eigenvalue weighted by Crippen LogP contribution is 2.45. The summed E-state index contributed by atoms with van der Waals surface area (Å²) in [6, 6.07) is 0. The van der Waals surface area contributed by atoms with Gasteiger partial charge in [0.2, 0.25) is 5.28 Å². The van der Waals surface area contributed by atoms with Crippen LogP contribution in [0.2, 0.25) is 5.28 Å². The average molecular weight is 446 g/mol. The molecule has 1 aliphatic rings. The molecular weight excluding hydrogens is 432 g/mol. The van der Waals surface area contributed by atoms with E-state index in [0.717, 1.165) is 0 Å². The van der Waals surface area contributed by atoms with Crippen molar-refractivity contribution in [2.45, 2.75) is 24.9 Å². The van der Waals surface area contributed by atoms with E-state index < -0.39 is 40.7 Å². The Morgan fingerprint density at radius 1 is 1.30 bits per heavy atom. The van der Waals surface area contributed by atoms with Crippen molar-refractivity contribution >= 4 is 44.2 Å². The van der Waals surface area contributed by atoms with Gasteiger partial charge in [-0.2, -0.15) is 9.97 Å². The van der Waals surface area contributed by atoms with Crippen molar-refractivity contribution in [1.29, 1.82) is 0 Å². The smallest absolute Gasteiger partial charge is 0.382 e. The first-order chi connectivity index (χ1) is 12.4. The molecule has 3 rings (SSSR count). The molecule has 6 N–H and O–H groups in total. The number of nitrogens with two attached hydrogens (primary N) is 1. The van der Waals surface area contributed by atoms with Crippen LogP contribution in [0, 0.1) is 0 Å². The number of hydrogen-bond donors (Lipinski definition) is 5. The number of aromatic nitrogens is 4. The van der Waals surface area contributed by atoms with E-state index in [1.807, 2.05) is 0 Å². The molecule has 0 bridgehead atoms. The van der Waals surface area contributed by atoms with Crippen molar-refractivity contribution in [3.63, 3.8) is 0 Å². The Bertz CT molecular complexity index is 945. The summed E-state index contributed by atoms with van der Waals surface area (Å²) in [5.74, 6) is 0.0196. The average Bonchev–Trinajstić information content (AvgIpc) is 3.06. The third kappa shape index (κ3) is 5.00. The third-order valence-corrected chi connectivity index (χ3v) is 4.79. The fourth-order valence-electron chi connectivity index (χ4n) is 2.60. The quantitative estimate of drug-likeness (QED) is 0.291. The minimum absolute atomic E-state index is 0.0196. The molecule has 1 aliphatic heterocycles. The monoisotopic (exact) mass is 445 g/mol. The minimum Gasteiger partial charge on any atom is -0.382 e. The van der Waals surface area contributed by atoms with Gasteiger partial charge in [0.1, 0.15) is 24.0 Å². The number of anilines is 1. The molecular formula is C10H14ClN5O9P2. The predicted molar refractivity (Wildman–Crippen MR) is 88.2 cm³/mol. The van der Waals surface area contributed by atoms with Gasteiger partial charge in [0, 0.05) is 6.42 Å². The largest absolute Gasteiger partial charge is 0.469 e. The molecule has 2 aromatic heterocycles.